The number of benzene rings is 2. The second-order valence-corrected chi connectivity index (χ2v) is 9.41. The summed E-state index contributed by atoms with van der Waals surface area (Å²) in [4.78, 5) is 62.7. The molecule has 38 heavy (non-hydrogen) atoms. The molecule has 0 fully saturated rings. The van der Waals surface area contributed by atoms with E-state index in [0.29, 0.717) is 35.2 Å². The summed E-state index contributed by atoms with van der Waals surface area (Å²) in [6.45, 7) is 5.79. The van der Waals surface area contributed by atoms with E-state index in [4.69, 9.17) is 9.84 Å². The molecule has 3 rings (SSSR count). The Morgan fingerprint density at radius 1 is 1.03 bits per heavy atom. The molecule has 0 atom stereocenters. The maximum Gasteiger partial charge on any atom is 0.372 e. The van der Waals surface area contributed by atoms with Crippen LogP contribution in [0.2, 0.25) is 0 Å². The summed E-state index contributed by atoms with van der Waals surface area (Å²) in [7, 11) is 0. The number of rotatable bonds is 13. The van der Waals surface area contributed by atoms with E-state index in [-0.39, 0.29) is 19.3 Å². The quantitative estimate of drug-likeness (QED) is 0.200. The van der Waals surface area contributed by atoms with Gasteiger partial charge in [0.1, 0.15) is 6.73 Å². The van der Waals surface area contributed by atoms with Gasteiger partial charge in [-0.3, -0.25) is 23.9 Å². The van der Waals surface area contributed by atoms with Crippen LogP contribution in [-0.2, 0) is 40.5 Å². The predicted octanol–water partition coefficient (Wildman–Crippen LogP) is 3.60. The Balaban J connectivity index is 1.84. The highest BCUT2D eigenvalue weighted by molar-refractivity contribution is 6.37. The Labute approximate surface area is 220 Å². The zero-order valence-corrected chi connectivity index (χ0v) is 21.8. The molecular weight excluding hydrogens is 488 g/mol. The lowest BCUT2D eigenvalue weighted by atomic mass is 9.95. The van der Waals surface area contributed by atoms with Gasteiger partial charge in [0.25, 0.3) is 5.56 Å². The Hall–Kier alpha value is -4.11. The Morgan fingerprint density at radius 3 is 2.37 bits per heavy atom. The van der Waals surface area contributed by atoms with Gasteiger partial charge in [0.15, 0.2) is 5.78 Å². The fourth-order valence-corrected chi connectivity index (χ4v) is 4.40. The van der Waals surface area contributed by atoms with Crippen LogP contribution in [0, 0.1) is 0 Å². The number of carboxylic acids is 1. The van der Waals surface area contributed by atoms with Crippen molar-refractivity contribution in [3.05, 3.63) is 103 Å². The van der Waals surface area contributed by atoms with Gasteiger partial charge in [0.05, 0.1) is 13.0 Å². The zero-order chi connectivity index (χ0) is 27.8. The predicted molar refractivity (Wildman–Crippen MR) is 141 cm³/mol. The van der Waals surface area contributed by atoms with Crippen LogP contribution in [-0.4, -0.2) is 32.2 Å². The Morgan fingerprint density at radius 2 is 1.74 bits per heavy atom. The second-order valence-electron chi connectivity index (χ2n) is 9.41. The van der Waals surface area contributed by atoms with E-state index in [0.717, 1.165) is 17.5 Å². The number of carboxylic acid groups (broad SMARTS) is 1. The molecule has 0 spiro atoms. The number of aliphatic carboxylic acids is 1. The van der Waals surface area contributed by atoms with Gasteiger partial charge in [-0.05, 0) is 29.0 Å². The number of aromatic amines is 1. The van der Waals surface area contributed by atoms with E-state index in [2.05, 4.69) is 4.98 Å². The van der Waals surface area contributed by atoms with Crippen LogP contribution in [0.25, 0.3) is 0 Å². The van der Waals surface area contributed by atoms with Crippen molar-refractivity contribution in [3.63, 3.8) is 0 Å². The maximum absolute atomic E-state index is 12.8. The molecule has 0 bridgehead atoms. The number of H-pyrrole nitrogens is 1. The lowest BCUT2D eigenvalue weighted by molar-refractivity contribution is -0.148. The van der Waals surface area contributed by atoms with Crippen LogP contribution in [0.5, 0.6) is 0 Å². The first-order chi connectivity index (χ1) is 18.1. The summed E-state index contributed by atoms with van der Waals surface area (Å²) < 4.78 is 7.33. The van der Waals surface area contributed by atoms with Crippen molar-refractivity contribution >= 4 is 17.5 Å². The first-order valence-electron chi connectivity index (χ1n) is 12.5. The number of hydrogen-bond donors (Lipinski definition) is 2. The van der Waals surface area contributed by atoms with E-state index in [1.54, 1.807) is 18.2 Å². The normalized spacial score (nSPS) is 11.1. The Bertz CT molecular complexity index is 1440. The number of aromatic nitrogens is 2. The van der Waals surface area contributed by atoms with E-state index < -0.39 is 35.2 Å². The number of aryl methyl sites for hydroxylation is 1. The third-order valence-electron chi connectivity index (χ3n) is 6.18. The van der Waals surface area contributed by atoms with Crippen molar-refractivity contribution in [3.8, 4) is 0 Å². The van der Waals surface area contributed by atoms with Crippen molar-refractivity contribution < 1.29 is 24.2 Å². The summed E-state index contributed by atoms with van der Waals surface area (Å²) in [5.41, 5.74) is 2.88. The molecule has 9 heteroatoms. The molecule has 0 unspecified atom stereocenters. The Kier molecular flexibility index (Phi) is 9.67. The van der Waals surface area contributed by atoms with Gasteiger partial charge in [-0.25, -0.2) is 9.59 Å². The van der Waals surface area contributed by atoms with Crippen molar-refractivity contribution in [2.75, 3.05) is 0 Å². The van der Waals surface area contributed by atoms with E-state index in [9.17, 15) is 24.0 Å². The van der Waals surface area contributed by atoms with Gasteiger partial charge in [-0.15, -0.1) is 0 Å². The number of carbonyl (C=O) groups excluding carboxylic acids is 2. The van der Waals surface area contributed by atoms with Crippen LogP contribution in [0.1, 0.15) is 77.8 Å². The van der Waals surface area contributed by atoms with Crippen LogP contribution in [0.3, 0.4) is 0 Å². The van der Waals surface area contributed by atoms with Gasteiger partial charge in [0.2, 0.25) is 5.78 Å². The molecular formula is C29H32N2O7. The lowest BCUT2D eigenvalue weighted by Crippen LogP contribution is -2.36. The summed E-state index contributed by atoms with van der Waals surface area (Å²) in [5.74, 6) is -3.44. The number of nitrogens with one attached hydrogen (secondary N) is 1. The minimum atomic E-state index is -1.63. The van der Waals surface area contributed by atoms with Crippen LogP contribution in [0.15, 0.2) is 58.1 Å². The van der Waals surface area contributed by atoms with Gasteiger partial charge in [0, 0.05) is 23.2 Å². The monoisotopic (exact) mass is 520 g/mol. The topological polar surface area (TPSA) is 136 Å². The number of nitrogens with zero attached hydrogens (tertiary/aromatic N) is 1. The summed E-state index contributed by atoms with van der Waals surface area (Å²) in [5, 5.41) is 8.81. The van der Waals surface area contributed by atoms with E-state index in [1.807, 2.05) is 51.1 Å². The summed E-state index contributed by atoms with van der Waals surface area (Å²) >= 11 is 0. The molecule has 0 aliphatic rings. The molecule has 1 heterocycles. The number of ketones is 2. The standard InChI is InChI=1S/C29H32N2O7/c1-4-8-21-13-20(11-12-22(21)24(32)15-25(33)28(35)36)16-38-17-31-23(14-19-9-6-5-7-10-19)26(18(2)3)27(34)30-29(31)37/h5-7,9-13,18H,4,8,14-17H2,1-3H3,(H,35,36)(H,30,34,37). The average molecular weight is 521 g/mol. The van der Waals surface area contributed by atoms with Crippen molar-refractivity contribution in [1.29, 1.82) is 0 Å². The van der Waals surface area contributed by atoms with Crippen molar-refractivity contribution in [1.82, 2.24) is 9.55 Å². The smallest absolute Gasteiger partial charge is 0.372 e. The number of carbonyl (C=O) groups is 3. The molecule has 1 aromatic heterocycles. The molecule has 0 amide bonds. The average Bonchev–Trinajstić information content (AvgIpc) is 2.86. The van der Waals surface area contributed by atoms with Crippen LogP contribution < -0.4 is 11.2 Å². The van der Waals surface area contributed by atoms with Gasteiger partial charge < -0.3 is 9.84 Å². The second kappa shape index (κ2) is 12.9. The molecule has 200 valence electrons. The third-order valence-corrected chi connectivity index (χ3v) is 6.18. The van der Waals surface area contributed by atoms with Gasteiger partial charge >= 0.3 is 11.7 Å². The number of hydrogen-bond acceptors (Lipinski definition) is 6. The zero-order valence-electron chi connectivity index (χ0n) is 21.8. The molecule has 3 aromatic rings. The molecule has 0 aliphatic carbocycles. The van der Waals surface area contributed by atoms with Crippen LogP contribution in [0.4, 0.5) is 0 Å². The highest BCUT2D eigenvalue weighted by Gasteiger charge is 2.21. The van der Waals surface area contributed by atoms with Crippen molar-refractivity contribution in [2.24, 2.45) is 0 Å². The first-order valence-corrected chi connectivity index (χ1v) is 12.5. The molecule has 0 saturated heterocycles. The highest BCUT2D eigenvalue weighted by atomic mass is 16.5. The molecule has 9 nitrogen and oxygen atoms in total. The highest BCUT2D eigenvalue weighted by Crippen LogP contribution is 2.20. The van der Waals surface area contributed by atoms with Crippen molar-refractivity contribution in [2.45, 2.75) is 65.7 Å². The van der Waals surface area contributed by atoms with E-state index in [1.165, 1.54) is 4.57 Å². The fourth-order valence-electron chi connectivity index (χ4n) is 4.40. The van der Waals surface area contributed by atoms with Gasteiger partial charge in [-0.1, -0.05) is 75.7 Å². The summed E-state index contributed by atoms with van der Waals surface area (Å²) in [6, 6.07) is 14.6. The van der Waals surface area contributed by atoms with Crippen LogP contribution >= 0.6 is 0 Å². The number of Topliss-reactive ketones (excluding diaryl/α,β-unsaturated/α-hetero) is 2. The summed E-state index contributed by atoms with van der Waals surface area (Å²) in [6.07, 6.45) is 1.00. The minimum Gasteiger partial charge on any atom is -0.475 e. The molecule has 0 aliphatic heterocycles. The first kappa shape index (κ1) is 28.5. The fraction of sp³-hybridized carbons (Fsp3) is 0.345. The van der Waals surface area contributed by atoms with Gasteiger partial charge in [-0.2, -0.15) is 0 Å². The number of ether oxygens (including phenoxy) is 1. The molecule has 2 N–H and O–H groups in total. The SMILES string of the molecule is CCCc1cc(COCn2c(Cc3ccccc3)c(C(C)C)c(=O)[nH]c2=O)ccc1C(=O)CC(=O)C(=O)O. The largest absolute Gasteiger partial charge is 0.475 e. The molecule has 0 radical (unpaired) electrons. The maximum atomic E-state index is 12.8. The third kappa shape index (κ3) is 7.01. The molecule has 2 aromatic carbocycles. The van der Waals surface area contributed by atoms with E-state index >= 15 is 0 Å². The molecule has 0 saturated carbocycles. The lowest BCUT2D eigenvalue weighted by Gasteiger charge is -2.18. The minimum absolute atomic E-state index is 0.0889.